The normalized spacial score (nSPS) is 13.5. The number of carbonyl (C=O) groups is 1. The van der Waals surface area contributed by atoms with Gasteiger partial charge in [0, 0.05) is 12.1 Å². The van der Waals surface area contributed by atoms with Crippen molar-refractivity contribution in [2.24, 2.45) is 5.73 Å². The van der Waals surface area contributed by atoms with Gasteiger partial charge in [-0.3, -0.25) is 0 Å². The highest BCUT2D eigenvalue weighted by molar-refractivity contribution is 5.81. The van der Waals surface area contributed by atoms with Crippen LogP contribution in [0, 0.1) is 0 Å². The number of hydrogen-bond donors (Lipinski definition) is 1. The third-order valence-electron chi connectivity index (χ3n) is 0.963. The lowest BCUT2D eigenvalue weighted by molar-refractivity contribution is -0.134. The van der Waals surface area contributed by atoms with Gasteiger partial charge in [-0.05, 0) is 13.3 Å². The number of carbonyl (C=O) groups excluding carboxylic acids is 1. The van der Waals surface area contributed by atoms with Gasteiger partial charge in [0.1, 0.15) is 0 Å². The molecule has 2 N–H and O–H groups in total. The molecule has 0 bridgehead atoms. The van der Waals surface area contributed by atoms with Crippen LogP contribution in [0.2, 0.25) is 0 Å². The number of esters is 1. The average molecular weight is 143 g/mol. The fourth-order valence-corrected chi connectivity index (χ4v) is 0.447. The molecule has 0 aliphatic carbocycles. The molecule has 0 aromatic rings. The van der Waals surface area contributed by atoms with Crippen molar-refractivity contribution < 1.29 is 9.53 Å². The third kappa shape index (κ3) is 5.31. The van der Waals surface area contributed by atoms with E-state index in [0.717, 1.165) is 0 Å². The molecule has 3 heteroatoms. The van der Waals surface area contributed by atoms with Gasteiger partial charge in [0.05, 0.1) is 7.11 Å². The average Bonchev–Trinajstić information content (AvgIpc) is 1.87. The van der Waals surface area contributed by atoms with Gasteiger partial charge in [-0.25, -0.2) is 4.79 Å². The maximum Gasteiger partial charge on any atom is 0.330 e. The Hall–Kier alpha value is -0.830. The Kier molecular flexibility index (Phi) is 4.58. The first kappa shape index (κ1) is 9.17. The Bertz CT molecular complexity index is 130. The first-order chi connectivity index (χ1) is 4.66. The monoisotopic (exact) mass is 143 g/mol. The highest BCUT2D eigenvalue weighted by atomic mass is 16.5. The van der Waals surface area contributed by atoms with Crippen LogP contribution >= 0.6 is 0 Å². The second kappa shape index (κ2) is 4.99. The van der Waals surface area contributed by atoms with Crippen molar-refractivity contribution in [3.8, 4) is 0 Å². The van der Waals surface area contributed by atoms with Crippen LogP contribution in [-0.2, 0) is 9.53 Å². The van der Waals surface area contributed by atoms with E-state index in [1.54, 1.807) is 6.08 Å². The molecule has 0 aromatic heterocycles. The predicted octanol–water partition coefficient (Wildman–Crippen LogP) is 0.453. The van der Waals surface area contributed by atoms with Gasteiger partial charge < -0.3 is 10.5 Å². The van der Waals surface area contributed by atoms with Crippen LogP contribution < -0.4 is 5.73 Å². The van der Waals surface area contributed by atoms with Crippen LogP contribution in [-0.4, -0.2) is 19.1 Å². The largest absolute Gasteiger partial charge is 0.466 e. The molecule has 0 spiro atoms. The summed E-state index contributed by atoms with van der Waals surface area (Å²) in [5, 5.41) is 0. The van der Waals surface area contributed by atoms with Gasteiger partial charge in [0.2, 0.25) is 0 Å². The van der Waals surface area contributed by atoms with E-state index in [-0.39, 0.29) is 12.0 Å². The number of rotatable bonds is 3. The topological polar surface area (TPSA) is 52.3 Å². The van der Waals surface area contributed by atoms with E-state index in [4.69, 9.17) is 5.73 Å². The van der Waals surface area contributed by atoms with Crippen LogP contribution in [0.1, 0.15) is 13.3 Å². The zero-order valence-corrected chi connectivity index (χ0v) is 6.33. The molecule has 0 heterocycles. The molecule has 0 aromatic carbocycles. The number of hydrogen-bond acceptors (Lipinski definition) is 3. The molecule has 0 saturated carbocycles. The minimum atomic E-state index is -0.333. The van der Waals surface area contributed by atoms with Crippen molar-refractivity contribution in [1.29, 1.82) is 0 Å². The van der Waals surface area contributed by atoms with E-state index in [1.807, 2.05) is 6.92 Å². The van der Waals surface area contributed by atoms with Gasteiger partial charge in [-0.15, -0.1) is 0 Å². The molecule has 0 radical (unpaired) electrons. The van der Waals surface area contributed by atoms with Gasteiger partial charge in [-0.1, -0.05) is 6.08 Å². The lowest BCUT2D eigenvalue weighted by Crippen LogP contribution is -2.12. The number of ether oxygens (including phenoxy) is 1. The molecular formula is C7H13NO2. The summed E-state index contributed by atoms with van der Waals surface area (Å²) in [6.07, 6.45) is 3.79. The van der Waals surface area contributed by atoms with E-state index < -0.39 is 0 Å². The molecule has 0 rings (SSSR count). The second-order valence-electron chi connectivity index (χ2n) is 2.14. The van der Waals surface area contributed by atoms with Crippen molar-refractivity contribution in [3.05, 3.63) is 12.2 Å². The predicted molar refractivity (Wildman–Crippen MR) is 39.4 cm³/mol. The van der Waals surface area contributed by atoms with Crippen molar-refractivity contribution in [2.45, 2.75) is 19.4 Å². The maximum atomic E-state index is 10.4. The van der Waals surface area contributed by atoms with Crippen molar-refractivity contribution in [1.82, 2.24) is 0 Å². The number of methoxy groups -OCH3 is 1. The fourth-order valence-electron chi connectivity index (χ4n) is 0.447. The summed E-state index contributed by atoms with van der Waals surface area (Å²) in [7, 11) is 1.35. The Morgan fingerprint density at radius 3 is 2.80 bits per heavy atom. The zero-order valence-electron chi connectivity index (χ0n) is 6.33. The summed E-state index contributed by atoms with van der Waals surface area (Å²) in [4.78, 5) is 10.4. The van der Waals surface area contributed by atoms with E-state index in [1.165, 1.54) is 13.2 Å². The van der Waals surface area contributed by atoms with Gasteiger partial charge in [-0.2, -0.15) is 0 Å². The quantitative estimate of drug-likeness (QED) is 0.461. The standard InChI is InChI=1S/C7H13NO2/c1-6(8)4-3-5-7(9)10-2/h3,5-6H,4,8H2,1-2H3/b5-3+. The Morgan fingerprint density at radius 2 is 2.40 bits per heavy atom. The Labute approximate surface area is 60.9 Å². The summed E-state index contributed by atoms with van der Waals surface area (Å²) in [5.74, 6) is -0.333. The maximum absolute atomic E-state index is 10.4. The molecule has 1 atom stereocenters. The van der Waals surface area contributed by atoms with Crippen LogP contribution in [0.4, 0.5) is 0 Å². The van der Waals surface area contributed by atoms with E-state index in [0.29, 0.717) is 6.42 Å². The van der Waals surface area contributed by atoms with E-state index >= 15 is 0 Å². The van der Waals surface area contributed by atoms with Crippen LogP contribution in [0.25, 0.3) is 0 Å². The molecule has 0 aliphatic rings. The summed E-state index contributed by atoms with van der Waals surface area (Å²) < 4.78 is 4.37. The minimum Gasteiger partial charge on any atom is -0.466 e. The lowest BCUT2D eigenvalue weighted by atomic mass is 10.2. The molecule has 0 fully saturated rings. The molecule has 0 amide bonds. The van der Waals surface area contributed by atoms with Crippen molar-refractivity contribution in [2.75, 3.05) is 7.11 Å². The van der Waals surface area contributed by atoms with Gasteiger partial charge in [0.15, 0.2) is 0 Å². The molecule has 0 aliphatic heterocycles. The molecule has 3 nitrogen and oxygen atoms in total. The first-order valence-electron chi connectivity index (χ1n) is 3.17. The van der Waals surface area contributed by atoms with E-state index in [2.05, 4.69) is 4.74 Å². The van der Waals surface area contributed by atoms with Crippen molar-refractivity contribution in [3.63, 3.8) is 0 Å². The molecule has 1 unspecified atom stereocenters. The first-order valence-corrected chi connectivity index (χ1v) is 3.17. The molecule has 58 valence electrons. The third-order valence-corrected chi connectivity index (χ3v) is 0.963. The smallest absolute Gasteiger partial charge is 0.330 e. The Morgan fingerprint density at radius 1 is 1.80 bits per heavy atom. The summed E-state index contributed by atoms with van der Waals surface area (Å²) >= 11 is 0. The lowest BCUT2D eigenvalue weighted by Gasteiger charge is -1.96. The molecule has 10 heavy (non-hydrogen) atoms. The minimum absolute atomic E-state index is 0.0981. The van der Waals surface area contributed by atoms with Gasteiger partial charge in [0.25, 0.3) is 0 Å². The highest BCUT2D eigenvalue weighted by Crippen LogP contribution is 1.88. The fraction of sp³-hybridized carbons (Fsp3) is 0.571. The zero-order chi connectivity index (χ0) is 7.98. The Balaban J connectivity index is 3.46. The van der Waals surface area contributed by atoms with Crippen LogP contribution in [0.5, 0.6) is 0 Å². The van der Waals surface area contributed by atoms with Crippen LogP contribution in [0.15, 0.2) is 12.2 Å². The highest BCUT2D eigenvalue weighted by Gasteiger charge is 1.91. The van der Waals surface area contributed by atoms with Crippen LogP contribution in [0.3, 0.4) is 0 Å². The van der Waals surface area contributed by atoms with Crippen molar-refractivity contribution >= 4 is 5.97 Å². The summed E-state index contributed by atoms with van der Waals surface area (Å²) in [6, 6.07) is 0.0981. The number of nitrogens with two attached hydrogens (primary N) is 1. The SMILES string of the molecule is COC(=O)/C=C/CC(C)N. The van der Waals surface area contributed by atoms with Gasteiger partial charge >= 0.3 is 5.97 Å². The second-order valence-corrected chi connectivity index (χ2v) is 2.14. The summed E-state index contributed by atoms with van der Waals surface area (Å²) in [6.45, 7) is 1.88. The van der Waals surface area contributed by atoms with E-state index in [9.17, 15) is 4.79 Å². The molecule has 0 saturated heterocycles. The summed E-state index contributed by atoms with van der Waals surface area (Å²) in [5.41, 5.74) is 5.42. The molecular weight excluding hydrogens is 130 g/mol.